The molecule has 2 heterocycles. The van der Waals surface area contributed by atoms with Crippen LogP contribution in [0.3, 0.4) is 0 Å². The second kappa shape index (κ2) is 8.76. The third-order valence-corrected chi connectivity index (χ3v) is 4.58. The largest absolute Gasteiger partial charge is 0.455 e. The molecular weight excluding hydrogens is 428 g/mol. The zero-order chi connectivity index (χ0) is 21.8. The van der Waals surface area contributed by atoms with Gasteiger partial charge < -0.3 is 19.2 Å². The molecular formula is C20H15ClN4O6. The van der Waals surface area contributed by atoms with Crippen molar-refractivity contribution in [3.05, 3.63) is 69.4 Å². The third-order valence-electron chi connectivity index (χ3n) is 4.26. The van der Waals surface area contributed by atoms with Gasteiger partial charge in [-0.15, -0.1) is 0 Å². The van der Waals surface area contributed by atoms with Crippen molar-refractivity contribution in [1.82, 2.24) is 5.43 Å². The molecule has 1 aliphatic heterocycles. The number of carbonyl (C=O) groups is 1. The number of nitrogens with one attached hydrogen (secondary N) is 2. The van der Waals surface area contributed by atoms with Crippen LogP contribution in [-0.4, -0.2) is 30.4 Å². The van der Waals surface area contributed by atoms with Crippen molar-refractivity contribution in [3.63, 3.8) is 0 Å². The summed E-state index contributed by atoms with van der Waals surface area (Å²) >= 11 is 6.10. The van der Waals surface area contributed by atoms with Crippen LogP contribution in [0.2, 0.25) is 5.02 Å². The Morgan fingerprint density at radius 3 is 2.81 bits per heavy atom. The number of anilines is 1. The van der Waals surface area contributed by atoms with Crippen LogP contribution < -0.4 is 20.2 Å². The lowest BCUT2D eigenvalue weighted by molar-refractivity contribution is -0.384. The second-order valence-corrected chi connectivity index (χ2v) is 6.75. The molecule has 1 amide bonds. The van der Waals surface area contributed by atoms with E-state index in [4.69, 9.17) is 25.5 Å². The first kappa shape index (κ1) is 20.2. The van der Waals surface area contributed by atoms with Crippen LogP contribution in [0.4, 0.5) is 11.4 Å². The van der Waals surface area contributed by atoms with Crippen molar-refractivity contribution in [1.29, 1.82) is 0 Å². The van der Waals surface area contributed by atoms with Crippen molar-refractivity contribution in [3.8, 4) is 22.8 Å². The molecule has 4 rings (SSSR count). The molecule has 2 N–H and O–H groups in total. The van der Waals surface area contributed by atoms with Crippen LogP contribution in [0.1, 0.15) is 5.76 Å². The quantitative estimate of drug-likeness (QED) is 0.323. The molecule has 1 aliphatic rings. The van der Waals surface area contributed by atoms with Gasteiger partial charge in [0.25, 0.3) is 11.6 Å². The summed E-state index contributed by atoms with van der Waals surface area (Å²) in [5.74, 6) is 1.70. The Bertz CT molecular complexity index is 1180. The SMILES string of the molecule is O=C(CNc1ccc2c(c1)OCO2)N/N=C/c1ccc(-c2ccc([N+](=O)[O-])cc2Cl)o1. The Kier molecular flexibility index (Phi) is 5.72. The molecule has 11 heteroatoms. The molecule has 0 saturated carbocycles. The number of hydrazone groups is 1. The van der Waals surface area contributed by atoms with Crippen LogP contribution >= 0.6 is 11.6 Å². The highest BCUT2D eigenvalue weighted by Crippen LogP contribution is 2.34. The predicted octanol–water partition coefficient (Wildman–Crippen LogP) is 3.80. The standard InChI is InChI=1S/C20H15ClN4O6/c21-16-8-13(25(27)28)2-4-15(16)17-6-3-14(31-17)9-23-24-20(26)10-22-12-1-5-18-19(7-12)30-11-29-18/h1-9,22H,10-11H2,(H,24,26)/b23-9+. The molecule has 3 aromatic rings. The minimum Gasteiger partial charge on any atom is -0.455 e. The zero-order valence-corrected chi connectivity index (χ0v) is 16.6. The predicted molar refractivity (Wildman–Crippen MR) is 113 cm³/mol. The van der Waals surface area contributed by atoms with Gasteiger partial charge in [-0.1, -0.05) is 11.6 Å². The van der Waals surface area contributed by atoms with Crippen molar-refractivity contribution < 1.29 is 23.6 Å². The summed E-state index contributed by atoms with van der Waals surface area (Å²) in [6.07, 6.45) is 1.33. The van der Waals surface area contributed by atoms with Crippen molar-refractivity contribution in [2.24, 2.45) is 5.10 Å². The number of rotatable bonds is 7. The summed E-state index contributed by atoms with van der Waals surface area (Å²) in [7, 11) is 0. The molecule has 0 unspecified atom stereocenters. The Hall–Kier alpha value is -4.05. The number of furan rings is 1. The van der Waals surface area contributed by atoms with Gasteiger partial charge in [-0.3, -0.25) is 14.9 Å². The van der Waals surface area contributed by atoms with Crippen LogP contribution in [-0.2, 0) is 4.79 Å². The number of non-ortho nitro benzene ring substituents is 1. The van der Waals surface area contributed by atoms with Gasteiger partial charge in [-0.05, 0) is 30.3 Å². The smallest absolute Gasteiger partial charge is 0.270 e. The Morgan fingerprint density at radius 2 is 2.00 bits per heavy atom. The van der Waals surface area contributed by atoms with E-state index in [2.05, 4.69) is 15.8 Å². The van der Waals surface area contributed by atoms with Crippen LogP contribution in [0.5, 0.6) is 11.5 Å². The van der Waals surface area contributed by atoms with E-state index in [1.54, 1.807) is 30.3 Å². The van der Waals surface area contributed by atoms with Gasteiger partial charge in [0.2, 0.25) is 6.79 Å². The van der Waals surface area contributed by atoms with Gasteiger partial charge in [0.1, 0.15) is 11.5 Å². The minimum atomic E-state index is -0.528. The maximum absolute atomic E-state index is 12.0. The number of halogens is 1. The minimum absolute atomic E-state index is 0.00120. The topological polar surface area (TPSA) is 128 Å². The number of nitro groups is 1. The molecule has 10 nitrogen and oxygen atoms in total. The van der Waals surface area contributed by atoms with E-state index in [0.717, 1.165) is 0 Å². The van der Waals surface area contributed by atoms with Crippen molar-refractivity contribution >= 4 is 35.1 Å². The molecule has 0 bridgehead atoms. The number of fused-ring (bicyclic) bond motifs is 1. The maximum atomic E-state index is 12.0. The Labute approximate surface area is 180 Å². The number of hydrogen-bond acceptors (Lipinski definition) is 8. The van der Waals surface area contributed by atoms with Gasteiger partial charge in [0, 0.05) is 29.4 Å². The normalized spacial score (nSPS) is 12.2. The summed E-state index contributed by atoms with van der Waals surface area (Å²) < 4.78 is 16.1. The monoisotopic (exact) mass is 442 g/mol. The molecule has 158 valence electrons. The van der Waals surface area contributed by atoms with Crippen LogP contribution in [0.25, 0.3) is 11.3 Å². The van der Waals surface area contributed by atoms with E-state index in [0.29, 0.717) is 34.3 Å². The Morgan fingerprint density at radius 1 is 1.16 bits per heavy atom. The lowest BCUT2D eigenvalue weighted by Gasteiger charge is -2.06. The Balaban J connectivity index is 1.31. The molecule has 0 aliphatic carbocycles. The van der Waals surface area contributed by atoms with E-state index >= 15 is 0 Å². The number of benzene rings is 2. The molecule has 31 heavy (non-hydrogen) atoms. The number of ether oxygens (including phenoxy) is 2. The van der Waals surface area contributed by atoms with E-state index in [1.807, 2.05) is 0 Å². The van der Waals surface area contributed by atoms with E-state index in [-0.39, 0.29) is 30.0 Å². The van der Waals surface area contributed by atoms with Crippen molar-refractivity contribution in [2.75, 3.05) is 18.7 Å². The van der Waals surface area contributed by atoms with Crippen molar-refractivity contribution in [2.45, 2.75) is 0 Å². The maximum Gasteiger partial charge on any atom is 0.270 e. The summed E-state index contributed by atoms with van der Waals surface area (Å²) in [6, 6.07) is 12.6. The van der Waals surface area contributed by atoms with Gasteiger partial charge >= 0.3 is 0 Å². The third kappa shape index (κ3) is 4.75. The zero-order valence-electron chi connectivity index (χ0n) is 15.8. The number of carbonyl (C=O) groups excluding carboxylic acids is 1. The second-order valence-electron chi connectivity index (χ2n) is 6.34. The summed E-state index contributed by atoms with van der Waals surface area (Å²) in [5.41, 5.74) is 3.48. The average molecular weight is 443 g/mol. The van der Waals surface area contributed by atoms with Gasteiger partial charge in [0.05, 0.1) is 22.7 Å². The molecule has 1 aromatic heterocycles. The number of hydrogen-bond donors (Lipinski definition) is 2. The van der Waals surface area contributed by atoms with Crippen LogP contribution in [0, 0.1) is 10.1 Å². The van der Waals surface area contributed by atoms with Gasteiger partial charge in [-0.25, -0.2) is 5.43 Å². The first-order valence-corrected chi connectivity index (χ1v) is 9.37. The number of amides is 1. The lowest BCUT2D eigenvalue weighted by atomic mass is 10.1. The van der Waals surface area contributed by atoms with E-state index in [9.17, 15) is 14.9 Å². The van der Waals surface area contributed by atoms with E-state index in [1.165, 1.54) is 24.4 Å². The highest BCUT2D eigenvalue weighted by Gasteiger charge is 2.14. The fourth-order valence-corrected chi connectivity index (χ4v) is 3.05. The number of nitrogens with zero attached hydrogens (tertiary/aromatic N) is 2. The highest BCUT2D eigenvalue weighted by atomic mass is 35.5. The fourth-order valence-electron chi connectivity index (χ4n) is 2.78. The first-order chi connectivity index (χ1) is 15.0. The fraction of sp³-hybridized carbons (Fsp3) is 0.100. The lowest BCUT2D eigenvalue weighted by Crippen LogP contribution is -2.25. The van der Waals surface area contributed by atoms with Crippen LogP contribution in [0.15, 0.2) is 58.0 Å². The molecule has 0 fully saturated rings. The molecule has 0 saturated heterocycles. The van der Waals surface area contributed by atoms with E-state index < -0.39 is 4.92 Å². The molecule has 0 atom stereocenters. The summed E-state index contributed by atoms with van der Waals surface area (Å²) in [5, 5.41) is 17.8. The number of nitro benzene ring substituents is 1. The molecule has 0 spiro atoms. The average Bonchev–Trinajstić information content (AvgIpc) is 3.41. The van der Waals surface area contributed by atoms with Gasteiger partial charge in [0.15, 0.2) is 11.5 Å². The molecule has 2 aromatic carbocycles. The van der Waals surface area contributed by atoms with Gasteiger partial charge in [-0.2, -0.15) is 5.10 Å². The highest BCUT2D eigenvalue weighted by molar-refractivity contribution is 6.33. The summed E-state index contributed by atoms with van der Waals surface area (Å²) in [6.45, 7) is 0.178. The molecule has 0 radical (unpaired) electrons. The summed E-state index contributed by atoms with van der Waals surface area (Å²) in [4.78, 5) is 22.2. The first-order valence-electron chi connectivity index (χ1n) is 8.99.